The highest BCUT2D eigenvalue weighted by atomic mass is 35.5. The summed E-state index contributed by atoms with van der Waals surface area (Å²) in [6.07, 6.45) is 1.22. The Balaban J connectivity index is 2.17. The summed E-state index contributed by atoms with van der Waals surface area (Å²) in [7, 11) is 0. The molecular formula is C16H22ClNO4. The normalized spacial score (nSPS) is 15.8. The van der Waals surface area contributed by atoms with Crippen molar-refractivity contribution in [3.05, 3.63) is 29.3 Å². The van der Waals surface area contributed by atoms with Gasteiger partial charge >= 0.3 is 0 Å². The van der Waals surface area contributed by atoms with E-state index in [2.05, 4.69) is 0 Å². The fraction of sp³-hybridized carbons (Fsp3) is 0.562. The van der Waals surface area contributed by atoms with Crippen molar-refractivity contribution in [3.8, 4) is 0 Å². The van der Waals surface area contributed by atoms with Crippen LogP contribution in [0.3, 0.4) is 0 Å². The highest BCUT2D eigenvalue weighted by molar-refractivity contribution is 6.29. The van der Waals surface area contributed by atoms with Crippen molar-refractivity contribution >= 4 is 23.2 Å². The topological polar surface area (TPSA) is 48.0 Å². The predicted octanol–water partition coefficient (Wildman–Crippen LogP) is 2.82. The number of amides is 1. The van der Waals surface area contributed by atoms with Crippen molar-refractivity contribution < 1.29 is 19.1 Å². The number of carbonyl (C=O) groups excluding carboxylic acids is 1. The molecular weight excluding hydrogens is 306 g/mol. The molecule has 0 unspecified atom stereocenters. The number of nitrogens with zero attached hydrogens (tertiary/aromatic N) is 1. The lowest BCUT2D eigenvalue weighted by molar-refractivity contribution is -0.204. The van der Waals surface area contributed by atoms with Crippen molar-refractivity contribution in [2.75, 3.05) is 30.8 Å². The maximum atomic E-state index is 12.2. The first-order chi connectivity index (χ1) is 10.7. The molecule has 22 heavy (non-hydrogen) atoms. The monoisotopic (exact) mass is 327 g/mol. The Morgan fingerprint density at radius 3 is 2.77 bits per heavy atom. The molecule has 2 rings (SSSR count). The first-order valence-corrected chi connectivity index (χ1v) is 8.04. The van der Waals surface area contributed by atoms with Gasteiger partial charge in [0.2, 0.25) is 0 Å². The maximum absolute atomic E-state index is 12.2. The van der Waals surface area contributed by atoms with E-state index in [-0.39, 0.29) is 18.4 Å². The lowest BCUT2D eigenvalue weighted by atomic mass is 10.1. The molecule has 6 heteroatoms. The average molecular weight is 328 g/mol. The van der Waals surface area contributed by atoms with Gasteiger partial charge in [-0.3, -0.25) is 9.63 Å². The number of ether oxygens (including phenoxy) is 2. The zero-order valence-electron chi connectivity index (χ0n) is 13.0. The zero-order valence-corrected chi connectivity index (χ0v) is 13.8. The van der Waals surface area contributed by atoms with Gasteiger partial charge in [-0.05, 0) is 30.9 Å². The molecule has 0 atom stereocenters. The Morgan fingerprint density at radius 1 is 1.41 bits per heavy atom. The van der Waals surface area contributed by atoms with Gasteiger partial charge in [0, 0.05) is 0 Å². The lowest BCUT2D eigenvalue weighted by Gasteiger charge is -2.28. The van der Waals surface area contributed by atoms with E-state index in [1.807, 2.05) is 32.0 Å². The molecule has 1 saturated heterocycles. The van der Waals surface area contributed by atoms with E-state index in [1.54, 1.807) is 0 Å². The summed E-state index contributed by atoms with van der Waals surface area (Å²) in [5.41, 5.74) is 2.75. The van der Waals surface area contributed by atoms with Crippen molar-refractivity contribution in [3.63, 3.8) is 0 Å². The zero-order chi connectivity index (χ0) is 15.9. The van der Waals surface area contributed by atoms with Crippen LogP contribution in [0.5, 0.6) is 0 Å². The Hall–Kier alpha value is -1.14. The van der Waals surface area contributed by atoms with Crippen molar-refractivity contribution in [2.45, 2.75) is 33.0 Å². The number of carbonyl (C=O) groups is 1. The number of hydrogen-bond donors (Lipinski definition) is 0. The number of anilines is 1. The van der Waals surface area contributed by atoms with Crippen LogP contribution in [0, 0.1) is 6.92 Å². The van der Waals surface area contributed by atoms with Gasteiger partial charge in [0.15, 0.2) is 6.29 Å². The van der Waals surface area contributed by atoms with Crippen LogP contribution in [0.2, 0.25) is 0 Å². The molecule has 1 aliphatic rings. The van der Waals surface area contributed by atoms with Gasteiger partial charge in [0.1, 0.15) is 12.5 Å². The first kappa shape index (κ1) is 17.2. The molecule has 0 bridgehead atoms. The molecule has 0 N–H and O–H groups in total. The van der Waals surface area contributed by atoms with Crippen LogP contribution in [0.1, 0.15) is 24.5 Å². The largest absolute Gasteiger partial charge is 0.350 e. The quantitative estimate of drug-likeness (QED) is 0.595. The van der Waals surface area contributed by atoms with Crippen LogP contribution in [0.4, 0.5) is 5.69 Å². The molecule has 122 valence electrons. The highest BCUT2D eigenvalue weighted by Crippen LogP contribution is 2.27. The van der Waals surface area contributed by atoms with Gasteiger partial charge in [-0.15, -0.1) is 11.6 Å². The summed E-state index contributed by atoms with van der Waals surface area (Å²) in [5, 5.41) is 1.28. The third-order valence-corrected chi connectivity index (χ3v) is 3.71. The van der Waals surface area contributed by atoms with Gasteiger partial charge in [-0.2, -0.15) is 5.06 Å². The molecule has 0 aromatic heterocycles. The number of aryl methyl sites for hydroxylation is 2. The second-order valence-electron chi connectivity index (χ2n) is 5.08. The van der Waals surface area contributed by atoms with Gasteiger partial charge in [0.05, 0.1) is 18.9 Å². The van der Waals surface area contributed by atoms with E-state index in [4.69, 9.17) is 25.9 Å². The van der Waals surface area contributed by atoms with Crippen LogP contribution in [-0.2, 0) is 25.5 Å². The number of rotatable bonds is 6. The van der Waals surface area contributed by atoms with Gasteiger partial charge in [0.25, 0.3) is 5.91 Å². The second kappa shape index (κ2) is 8.48. The summed E-state index contributed by atoms with van der Waals surface area (Å²) >= 11 is 5.73. The first-order valence-electron chi connectivity index (χ1n) is 7.51. The SMILES string of the molecule is CCc1cccc(C)c1N(OCC1OCCCO1)C(=O)CCl. The molecule has 1 amide bonds. The number of alkyl halides is 1. The minimum absolute atomic E-state index is 0.149. The number of halogens is 1. The fourth-order valence-corrected chi connectivity index (χ4v) is 2.49. The van der Waals surface area contributed by atoms with Crippen LogP contribution in [0.15, 0.2) is 18.2 Å². The molecule has 1 aliphatic heterocycles. The number of benzene rings is 1. The standard InChI is InChI=1S/C16H22ClNO4/c1-3-13-7-4-6-12(2)16(13)18(14(19)10-17)22-11-15-20-8-5-9-21-15/h4,6-7,15H,3,5,8-11H2,1-2H3. The maximum Gasteiger partial charge on any atom is 0.265 e. The fourth-order valence-electron chi connectivity index (χ4n) is 2.38. The molecule has 1 aromatic rings. The number of hydrogen-bond acceptors (Lipinski definition) is 4. The molecule has 0 aliphatic carbocycles. The predicted molar refractivity (Wildman–Crippen MR) is 85.0 cm³/mol. The Labute approximate surface area is 136 Å². The lowest BCUT2D eigenvalue weighted by Crippen LogP contribution is -2.38. The van der Waals surface area contributed by atoms with Crippen molar-refractivity contribution in [1.82, 2.24) is 0 Å². The molecule has 1 aromatic carbocycles. The molecule has 0 spiro atoms. The Kier molecular flexibility index (Phi) is 6.64. The third kappa shape index (κ3) is 4.20. The minimum atomic E-state index is -0.450. The van der Waals surface area contributed by atoms with E-state index in [0.717, 1.165) is 29.7 Å². The highest BCUT2D eigenvalue weighted by Gasteiger charge is 2.23. The Bertz CT molecular complexity index is 503. The van der Waals surface area contributed by atoms with Gasteiger partial charge in [-0.25, -0.2) is 0 Å². The van der Waals surface area contributed by atoms with Crippen LogP contribution >= 0.6 is 11.6 Å². The molecule has 0 saturated carbocycles. The summed E-state index contributed by atoms with van der Waals surface area (Å²) in [6.45, 7) is 5.42. The molecule has 0 radical (unpaired) electrons. The second-order valence-corrected chi connectivity index (χ2v) is 5.35. The average Bonchev–Trinajstić information content (AvgIpc) is 2.56. The van der Waals surface area contributed by atoms with Gasteiger partial charge < -0.3 is 9.47 Å². The van der Waals surface area contributed by atoms with E-state index in [0.29, 0.717) is 13.2 Å². The van der Waals surface area contributed by atoms with E-state index in [1.165, 1.54) is 5.06 Å². The summed E-state index contributed by atoms with van der Waals surface area (Å²) in [4.78, 5) is 17.9. The summed E-state index contributed by atoms with van der Waals surface area (Å²) < 4.78 is 10.9. The van der Waals surface area contributed by atoms with Crippen LogP contribution < -0.4 is 5.06 Å². The minimum Gasteiger partial charge on any atom is -0.350 e. The van der Waals surface area contributed by atoms with Crippen molar-refractivity contribution in [1.29, 1.82) is 0 Å². The van der Waals surface area contributed by atoms with Crippen molar-refractivity contribution in [2.24, 2.45) is 0 Å². The molecule has 1 fully saturated rings. The Morgan fingerprint density at radius 2 is 2.14 bits per heavy atom. The van der Waals surface area contributed by atoms with Crippen LogP contribution in [-0.4, -0.2) is 37.9 Å². The van der Waals surface area contributed by atoms with E-state index < -0.39 is 6.29 Å². The summed E-state index contributed by atoms with van der Waals surface area (Å²) in [5.74, 6) is -0.453. The molecule has 1 heterocycles. The molecule has 5 nitrogen and oxygen atoms in total. The smallest absolute Gasteiger partial charge is 0.265 e. The summed E-state index contributed by atoms with van der Waals surface area (Å²) in [6, 6.07) is 5.89. The third-order valence-electron chi connectivity index (χ3n) is 3.48. The number of hydroxylamine groups is 1. The number of para-hydroxylation sites is 1. The van der Waals surface area contributed by atoms with Crippen LogP contribution in [0.25, 0.3) is 0 Å². The van der Waals surface area contributed by atoms with E-state index in [9.17, 15) is 4.79 Å². The van der Waals surface area contributed by atoms with Gasteiger partial charge in [-0.1, -0.05) is 25.1 Å². The van der Waals surface area contributed by atoms with E-state index >= 15 is 0 Å².